The van der Waals surface area contributed by atoms with Crippen LogP contribution in [0, 0.1) is 34.5 Å². The van der Waals surface area contributed by atoms with Gasteiger partial charge in [-0.15, -0.1) is 0 Å². The lowest BCUT2D eigenvalue weighted by Crippen LogP contribution is -2.69. The van der Waals surface area contributed by atoms with Crippen molar-refractivity contribution in [1.29, 1.82) is 0 Å². The van der Waals surface area contributed by atoms with Gasteiger partial charge >= 0.3 is 5.97 Å². The Morgan fingerprint density at radius 3 is 2.67 bits per heavy atom. The maximum Gasteiger partial charge on any atom is 0.360 e. The predicted molar refractivity (Wildman–Crippen MR) is 148 cm³/mol. The SMILES string of the molecule is CC1=C[C@]23C(O)[C@@H](C=C4COC(C)(C)O[C@H]4[C@]2(O)[C@H]1OC(=O)c1nn(C)c2ccccc12)[C@H]1[C@@H](C[C@H]3C)C1(C)C. The number of ether oxygens (including phenoxy) is 3. The number of aryl methyl sites for hydroxylation is 1. The van der Waals surface area contributed by atoms with E-state index < -0.39 is 41.1 Å². The Balaban J connectivity index is 1.38. The van der Waals surface area contributed by atoms with Crippen LogP contribution in [0.25, 0.3) is 10.9 Å². The van der Waals surface area contributed by atoms with Crippen molar-refractivity contribution in [2.24, 2.45) is 41.5 Å². The summed E-state index contributed by atoms with van der Waals surface area (Å²) in [7, 11) is 1.79. The maximum atomic E-state index is 13.8. The molecule has 1 aromatic heterocycles. The standard InChI is InChI=1S/C32H40N2O6/c1-16-14-31-17(2)12-21-23(29(21,3)4)20(25(31)35)13-18-15-38-30(5,6)40-27(18)32(31,37)26(16)39-28(36)24-19-10-8-9-11-22(19)34(7)33-24/h8-11,13-14,17,20-21,23,25-27,35,37H,12,15H2,1-7H3/t17-,20+,21-,23+,25?,26+,27-,31+,32-/m1/s1. The van der Waals surface area contributed by atoms with Crippen LogP contribution in [0.2, 0.25) is 0 Å². The third-order valence-corrected chi connectivity index (χ3v) is 11.1. The Labute approximate surface area is 235 Å². The number of benzene rings is 1. The first-order chi connectivity index (χ1) is 18.7. The van der Waals surface area contributed by atoms with Gasteiger partial charge in [0.05, 0.1) is 23.6 Å². The third kappa shape index (κ3) is 3.16. The van der Waals surface area contributed by atoms with Gasteiger partial charge in [-0.2, -0.15) is 5.10 Å². The second kappa shape index (κ2) is 8.06. The largest absolute Gasteiger partial charge is 0.450 e. The van der Waals surface area contributed by atoms with Crippen molar-refractivity contribution in [3.63, 3.8) is 0 Å². The van der Waals surface area contributed by atoms with Crippen LogP contribution in [0.4, 0.5) is 0 Å². The number of rotatable bonds is 2. The fourth-order valence-corrected chi connectivity index (χ4v) is 9.14. The van der Waals surface area contributed by atoms with Gasteiger partial charge in [0.25, 0.3) is 0 Å². The van der Waals surface area contributed by atoms with E-state index in [9.17, 15) is 15.0 Å². The Hall–Kier alpha value is -2.52. The molecule has 1 unspecified atom stereocenters. The number of hydrogen-bond donors (Lipinski definition) is 2. The van der Waals surface area contributed by atoms with Crippen molar-refractivity contribution in [1.82, 2.24) is 9.78 Å². The summed E-state index contributed by atoms with van der Waals surface area (Å²) < 4.78 is 20.6. The first kappa shape index (κ1) is 26.4. The highest BCUT2D eigenvalue weighted by Crippen LogP contribution is 2.73. The quantitative estimate of drug-likeness (QED) is 0.429. The molecule has 1 aromatic carbocycles. The van der Waals surface area contributed by atoms with Crippen molar-refractivity contribution in [3.8, 4) is 0 Å². The molecule has 0 radical (unpaired) electrons. The van der Waals surface area contributed by atoms with Crippen LogP contribution in [-0.2, 0) is 21.3 Å². The van der Waals surface area contributed by atoms with Gasteiger partial charge in [0, 0.05) is 18.4 Å². The molecule has 5 aliphatic rings. The highest BCUT2D eigenvalue weighted by atomic mass is 16.7. The Kier molecular flexibility index (Phi) is 5.32. The summed E-state index contributed by atoms with van der Waals surface area (Å²) in [6.07, 6.45) is 2.22. The van der Waals surface area contributed by atoms with E-state index in [1.165, 1.54) is 0 Å². The molecule has 1 aliphatic heterocycles. The lowest BCUT2D eigenvalue weighted by atomic mass is 9.58. The molecule has 2 heterocycles. The molecule has 214 valence electrons. The molecular formula is C32H40N2O6. The van der Waals surface area contributed by atoms with E-state index in [0.717, 1.165) is 17.5 Å². The van der Waals surface area contributed by atoms with Crippen LogP contribution < -0.4 is 0 Å². The molecule has 40 heavy (non-hydrogen) atoms. The second-order valence-electron chi connectivity index (χ2n) is 14.0. The van der Waals surface area contributed by atoms with Crippen LogP contribution in [0.15, 0.2) is 47.6 Å². The molecule has 2 aromatic rings. The highest BCUT2D eigenvalue weighted by Gasteiger charge is 2.77. The molecule has 2 N–H and O–H groups in total. The summed E-state index contributed by atoms with van der Waals surface area (Å²) in [5, 5.41) is 30.8. The summed E-state index contributed by atoms with van der Waals surface area (Å²) in [6.45, 7) is 12.5. The molecule has 1 saturated heterocycles. The van der Waals surface area contributed by atoms with Crippen LogP contribution >= 0.6 is 0 Å². The van der Waals surface area contributed by atoms with Crippen molar-refractivity contribution in [2.75, 3.05) is 6.61 Å². The summed E-state index contributed by atoms with van der Waals surface area (Å²) in [6, 6.07) is 7.51. The fourth-order valence-electron chi connectivity index (χ4n) is 9.14. The summed E-state index contributed by atoms with van der Waals surface area (Å²) in [5.74, 6) is -1.14. The zero-order chi connectivity index (χ0) is 28.6. The fraction of sp³-hybridized carbons (Fsp3) is 0.625. The minimum Gasteiger partial charge on any atom is -0.450 e. The van der Waals surface area contributed by atoms with E-state index in [1.807, 2.05) is 51.1 Å². The first-order valence-corrected chi connectivity index (χ1v) is 14.5. The van der Waals surface area contributed by atoms with Gasteiger partial charge in [-0.25, -0.2) is 4.79 Å². The zero-order valence-corrected chi connectivity index (χ0v) is 24.3. The molecule has 2 bridgehead atoms. The minimum atomic E-state index is -1.75. The number of carbonyl (C=O) groups excluding carboxylic acids is 1. The summed E-state index contributed by atoms with van der Waals surface area (Å²) in [5.41, 5.74) is -0.216. The highest BCUT2D eigenvalue weighted by molar-refractivity contribution is 6.02. The normalized spacial score (nSPS) is 42.5. The minimum absolute atomic E-state index is 0.0927. The van der Waals surface area contributed by atoms with Crippen LogP contribution in [0.3, 0.4) is 0 Å². The van der Waals surface area contributed by atoms with Crippen LogP contribution in [0.1, 0.15) is 58.5 Å². The number of aliphatic hydroxyl groups excluding tert-OH is 1. The van der Waals surface area contributed by atoms with E-state index in [-0.39, 0.29) is 35.5 Å². The van der Waals surface area contributed by atoms with Crippen molar-refractivity contribution in [3.05, 3.63) is 53.3 Å². The number of aliphatic hydroxyl groups is 2. The summed E-state index contributed by atoms with van der Waals surface area (Å²) >= 11 is 0. The number of hydrogen-bond acceptors (Lipinski definition) is 7. The number of nitrogens with zero attached hydrogens (tertiary/aromatic N) is 2. The number of para-hydroxylation sites is 1. The Bertz CT molecular complexity index is 1490. The monoisotopic (exact) mass is 548 g/mol. The molecule has 7 rings (SSSR count). The number of fused-ring (bicyclic) bond motifs is 6. The van der Waals surface area contributed by atoms with E-state index in [4.69, 9.17) is 14.2 Å². The van der Waals surface area contributed by atoms with Gasteiger partial charge in [-0.1, -0.05) is 51.1 Å². The van der Waals surface area contributed by atoms with Crippen molar-refractivity contribution >= 4 is 16.9 Å². The molecule has 3 fully saturated rings. The van der Waals surface area contributed by atoms with Crippen LogP contribution in [0.5, 0.6) is 0 Å². The topological polar surface area (TPSA) is 103 Å². The van der Waals surface area contributed by atoms with Crippen molar-refractivity contribution in [2.45, 2.75) is 77.7 Å². The molecule has 9 atom stereocenters. The maximum absolute atomic E-state index is 13.8. The first-order valence-electron chi connectivity index (χ1n) is 14.5. The number of carbonyl (C=O) groups is 1. The molecule has 1 spiro atoms. The van der Waals surface area contributed by atoms with Gasteiger partial charge in [-0.05, 0) is 67.6 Å². The lowest BCUT2D eigenvalue weighted by molar-refractivity contribution is -0.312. The smallest absolute Gasteiger partial charge is 0.360 e. The third-order valence-electron chi connectivity index (χ3n) is 11.1. The molecular weight excluding hydrogens is 508 g/mol. The van der Waals surface area contributed by atoms with Gasteiger partial charge in [0.2, 0.25) is 0 Å². The van der Waals surface area contributed by atoms with Gasteiger partial charge in [0.1, 0.15) is 11.7 Å². The average molecular weight is 549 g/mol. The molecule has 8 nitrogen and oxygen atoms in total. The van der Waals surface area contributed by atoms with E-state index in [1.54, 1.807) is 11.7 Å². The summed E-state index contributed by atoms with van der Waals surface area (Å²) in [4.78, 5) is 13.8. The van der Waals surface area contributed by atoms with Gasteiger partial charge < -0.3 is 24.4 Å². The van der Waals surface area contributed by atoms with E-state index in [0.29, 0.717) is 16.9 Å². The predicted octanol–water partition coefficient (Wildman–Crippen LogP) is 4.16. The number of aromatic nitrogens is 2. The Morgan fingerprint density at radius 2 is 1.93 bits per heavy atom. The lowest BCUT2D eigenvalue weighted by Gasteiger charge is -2.55. The molecule has 2 saturated carbocycles. The van der Waals surface area contributed by atoms with Gasteiger partial charge in [0.15, 0.2) is 17.6 Å². The number of esters is 1. The molecule has 8 heteroatoms. The van der Waals surface area contributed by atoms with E-state index >= 15 is 0 Å². The zero-order valence-electron chi connectivity index (χ0n) is 24.3. The van der Waals surface area contributed by atoms with E-state index in [2.05, 4.69) is 31.9 Å². The van der Waals surface area contributed by atoms with Crippen LogP contribution in [-0.4, -0.2) is 62.3 Å². The van der Waals surface area contributed by atoms with Crippen molar-refractivity contribution < 1.29 is 29.2 Å². The second-order valence-corrected chi connectivity index (χ2v) is 14.0. The van der Waals surface area contributed by atoms with Gasteiger partial charge in [-0.3, -0.25) is 4.68 Å². The Morgan fingerprint density at radius 1 is 1.20 bits per heavy atom. The molecule has 0 amide bonds. The average Bonchev–Trinajstić information content (AvgIpc) is 3.19. The molecule has 4 aliphatic carbocycles.